The first kappa shape index (κ1) is 18.7. The van der Waals surface area contributed by atoms with Crippen molar-refractivity contribution >= 4 is 5.91 Å². The number of nitrogens with one attached hydrogen (secondary N) is 2. The van der Waals surface area contributed by atoms with Crippen LogP contribution in [-0.4, -0.2) is 62.8 Å². The van der Waals surface area contributed by atoms with Gasteiger partial charge in [-0.3, -0.25) is 4.79 Å². The Labute approximate surface area is 144 Å². The Hall–Kier alpha value is -1.63. The van der Waals surface area contributed by atoms with E-state index in [4.69, 9.17) is 9.47 Å². The van der Waals surface area contributed by atoms with Crippen LogP contribution >= 0.6 is 0 Å². The summed E-state index contributed by atoms with van der Waals surface area (Å²) in [5, 5.41) is 6.11. The molecule has 1 aromatic rings. The van der Waals surface area contributed by atoms with Gasteiger partial charge in [-0.1, -0.05) is 32.0 Å². The maximum atomic E-state index is 12.2. The first-order valence-electron chi connectivity index (χ1n) is 8.76. The number of morpholine rings is 1. The molecule has 1 amide bonds. The molecular weight excluding hydrogens is 306 g/mol. The highest BCUT2D eigenvalue weighted by Crippen LogP contribution is 2.17. The van der Waals surface area contributed by atoms with Gasteiger partial charge >= 0.3 is 0 Å². The lowest BCUT2D eigenvalue weighted by Gasteiger charge is -2.23. The molecule has 1 saturated heterocycles. The van der Waals surface area contributed by atoms with Gasteiger partial charge in [-0.2, -0.15) is 0 Å². The predicted molar refractivity (Wildman–Crippen MR) is 94.2 cm³/mol. The summed E-state index contributed by atoms with van der Waals surface area (Å²) < 4.78 is 11.2. The second kappa shape index (κ2) is 10.3. The van der Waals surface area contributed by atoms with Gasteiger partial charge in [-0.25, -0.2) is 0 Å². The Bertz CT molecular complexity index is 500. The number of rotatable bonds is 9. The van der Waals surface area contributed by atoms with Crippen LogP contribution in [-0.2, 0) is 16.1 Å². The van der Waals surface area contributed by atoms with Gasteiger partial charge in [0.25, 0.3) is 0 Å². The maximum Gasteiger partial charge on any atom is 0.239 e. The summed E-state index contributed by atoms with van der Waals surface area (Å²) in [6, 6.07) is 7.58. The fourth-order valence-corrected chi connectivity index (χ4v) is 2.65. The van der Waals surface area contributed by atoms with Crippen molar-refractivity contribution in [3.8, 4) is 5.75 Å². The highest BCUT2D eigenvalue weighted by atomic mass is 16.5. The molecule has 1 atom stereocenters. The van der Waals surface area contributed by atoms with E-state index in [0.717, 1.165) is 30.9 Å². The third kappa shape index (κ3) is 5.78. The summed E-state index contributed by atoms with van der Waals surface area (Å²) in [7, 11) is 0. The fourth-order valence-electron chi connectivity index (χ4n) is 2.65. The van der Waals surface area contributed by atoms with E-state index in [1.54, 1.807) is 0 Å². The van der Waals surface area contributed by atoms with E-state index in [0.29, 0.717) is 32.9 Å². The maximum absolute atomic E-state index is 12.2. The lowest BCUT2D eigenvalue weighted by molar-refractivity contribution is -0.126. The number of hydrogen-bond donors (Lipinski definition) is 2. The first-order valence-corrected chi connectivity index (χ1v) is 8.76. The molecule has 1 aliphatic heterocycles. The van der Waals surface area contributed by atoms with Crippen LogP contribution in [0.3, 0.4) is 0 Å². The van der Waals surface area contributed by atoms with Crippen LogP contribution in [0.2, 0.25) is 0 Å². The zero-order chi connectivity index (χ0) is 17.2. The van der Waals surface area contributed by atoms with E-state index >= 15 is 0 Å². The van der Waals surface area contributed by atoms with Crippen molar-refractivity contribution in [1.29, 1.82) is 0 Å². The van der Waals surface area contributed by atoms with Crippen molar-refractivity contribution in [2.45, 2.75) is 26.4 Å². The number of hydrogen-bond acceptors (Lipinski definition) is 5. The molecule has 0 spiro atoms. The molecule has 6 nitrogen and oxygen atoms in total. The minimum absolute atomic E-state index is 0.0346. The van der Waals surface area contributed by atoms with Gasteiger partial charge in [0.1, 0.15) is 18.4 Å². The van der Waals surface area contributed by atoms with Gasteiger partial charge < -0.3 is 25.0 Å². The van der Waals surface area contributed by atoms with Crippen molar-refractivity contribution in [3.63, 3.8) is 0 Å². The van der Waals surface area contributed by atoms with Crippen LogP contribution in [0.1, 0.15) is 19.4 Å². The molecule has 1 heterocycles. The van der Waals surface area contributed by atoms with E-state index in [2.05, 4.69) is 29.4 Å². The normalized spacial score (nSPS) is 17.7. The molecule has 2 rings (SSSR count). The Kier molecular flexibility index (Phi) is 8.01. The summed E-state index contributed by atoms with van der Waals surface area (Å²) in [6.07, 6.45) is 0. The molecule has 134 valence electrons. The van der Waals surface area contributed by atoms with E-state index in [1.807, 2.05) is 24.3 Å². The third-order valence-corrected chi connectivity index (χ3v) is 4.22. The first-order chi connectivity index (χ1) is 11.7. The smallest absolute Gasteiger partial charge is 0.239 e. The zero-order valence-electron chi connectivity index (χ0n) is 14.7. The Balaban J connectivity index is 1.83. The molecule has 1 fully saturated rings. The van der Waals surface area contributed by atoms with Crippen molar-refractivity contribution < 1.29 is 14.3 Å². The van der Waals surface area contributed by atoms with Crippen molar-refractivity contribution in [2.75, 3.05) is 46.0 Å². The summed E-state index contributed by atoms with van der Waals surface area (Å²) in [6.45, 7) is 10.1. The molecule has 24 heavy (non-hydrogen) atoms. The Morgan fingerprint density at radius 2 is 2.17 bits per heavy atom. The molecule has 0 radical (unpaired) electrons. The average molecular weight is 335 g/mol. The van der Waals surface area contributed by atoms with Crippen LogP contribution in [0.4, 0.5) is 0 Å². The summed E-state index contributed by atoms with van der Waals surface area (Å²) in [5.74, 6) is 0.797. The topological polar surface area (TPSA) is 62.8 Å². The molecular formula is C18H29N3O3. The Morgan fingerprint density at radius 1 is 1.38 bits per heavy atom. The van der Waals surface area contributed by atoms with Gasteiger partial charge in [0.05, 0.1) is 13.2 Å². The lowest BCUT2D eigenvalue weighted by atomic mass is 10.2. The molecule has 6 heteroatoms. The van der Waals surface area contributed by atoms with Crippen molar-refractivity contribution in [1.82, 2.24) is 15.5 Å². The van der Waals surface area contributed by atoms with Crippen LogP contribution in [0.5, 0.6) is 5.75 Å². The summed E-state index contributed by atoms with van der Waals surface area (Å²) >= 11 is 0. The molecule has 1 aliphatic rings. The number of likely N-dealkylation sites (N-methyl/N-ethyl adjacent to an activating group) is 1. The lowest BCUT2D eigenvalue weighted by Crippen LogP contribution is -2.51. The number of carbonyl (C=O) groups is 1. The van der Waals surface area contributed by atoms with E-state index in [1.165, 1.54) is 0 Å². The fraction of sp³-hybridized carbons (Fsp3) is 0.611. The van der Waals surface area contributed by atoms with Gasteiger partial charge in [-0.15, -0.1) is 0 Å². The van der Waals surface area contributed by atoms with Crippen LogP contribution in [0, 0.1) is 0 Å². The highest BCUT2D eigenvalue weighted by Gasteiger charge is 2.20. The number of amides is 1. The van der Waals surface area contributed by atoms with Crippen LogP contribution in [0.15, 0.2) is 24.3 Å². The van der Waals surface area contributed by atoms with E-state index in [9.17, 15) is 4.79 Å². The predicted octanol–water partition coefficient (Wildman–Crippen LogP) is 1.01. The van der Waals surface area contributed by atoms with Crippen molar-refractivity contribution in [3.05, 3.63) is 29.8 Å². The van der Waals surface area contributed by atoms with E-state index in [-0.39, 0.29) is 11.9 Å². The molecule has 0 saturated carbocycles. The van der Waals surface area contributed by atoms with Crippen LogP contribution < -0.4 is 15.4 Å². The van der Waals surface area contributed by atoms with Crippen LogP contribution in [0.25, 0.3) is 0 Å². The standard InChI is InChI=1S/C18H29N3O3/c1-3-21(4-2)10-12-24-17-8-6-5-7-15(17)13-20-18(22)16-14-23-11-9-19-16/h5-8,16,19H,3-4,9-14H2,1-2H3,(H,20,22). The molecule has 0 aromatic heterocycles. The minimum atomic E-state index is -0.269. The zero-order valence-corrected chi connectivity index (χ0v) is 14.7. The van der Waals surface area contributed by atoms with Gasteiger partial charge in [0.2, 0.25) is 5.91 Å². The molecule has 2 N–H and O–H groups in total. The quantitative estimate of drug-likeness (QED) is 0.705. The van der Waals surface area contributed by atoms with Gasteiger partial charge in [0.15, 0.2) is 0 Å². The molecule has 0 aliphatic carbocycles. The second-order valence-corrected chi connectivity index (χ2v) is 5.78. The average Bonchev–Trinajstić information content (AvgIpc) is 2.65. The van der Waals surface area contributed by atoms with Gasteiger partial charge in [-0.05, 0) is 19.2 Å². The SMILES string of the molecule is CCN(CC)CCOc1ccccc1CNC(=O)C1COCCN1. The summed E-state index contributed by atoms with van der Waals surface area (Å²) in [5.41, 5.74) is 0.988. The number of carbonyl (C=O) groups excluding carboxylic acids is 1. The number of ether oxygens (including phenoxy) is 2. The highest BCUT2D eigenvalue weighted by molar-refractivity contribution is 5.82. The minimum Gasteiger partial charge on any atom is -0.492 e. The third-order valence-electron chi connectivity index (χ3n) is 4.22. The monoisotopic (exact) mass is 335 g/mol. The summed E-state index contributed by atoms with van der Waals surface area (Å²) in [4.78, 5) is 14.5. The Morgan fingerprint density at radius 3 is 2.88 bits per heavy atom. The van der Waals surface area contributed by atoms with Crippen molar-refractivity contribution in [2.24, 2.45) is 0 Å². The molecule has 0 bridgehead atoms. The molecule has 1 unspecified atom stereocenters. The second-order valence-electron chi connectivity index (χ2n) is 5.78. The van der Waals surface area contributed by atoms with E-state index < -0.39 is 0 Å². The molecule has 1 aromatic carbocycles. The number of para-hydroxylation sites is 1. The van der Waals surface area contributed by atoms with Gasteiger partial charge in [0, 0.05) is 25.2 Å². The number of nitrogens with zero attached hydrogens (tertiary/aromatic N) is 1. The number of benzene rings is 1. The largest absolute Gasteiger partial charge is 0.492 e.